The van der Waals surface area contributed by atoms with Crippen LogP contribution in [0, 0.1) is 13.8 Å². The summed E-state index contributed by atoms with van der Waals surface area (Å²) in [6.07, 6.45) is 0.894. The van der Waals surface area contributed by atoms with E-state index in [0.717, 1.165) is 29.3 Å². The first-order valence-electron chi connectivity index (χ1n) is 5.92. The highest BCUT2D eigenvalue weighted by Gasteiger charge is 2.12. The van der Waals surface area contributed by atoms with Crippen LogP contribution in [0.4, 0.5) is 5.82 Å². The molecule has 1 heterocycles. The third kappa shape index (κ3) is 2.05. The van der Waals surface area contributed by atoms with Crippen LogP contribution in [0.1, 0.15) is 23.9 Å². The van der Waals surface area contributed by atoms with Gasteiger partial charge in [0.15, 0.2) is 0 Å². The minimum Gasteiger partial charge on any atom is -0.383 e. The van der Waals surface area contributed by atoms with E-state index in [4.69, 9.17) is 5.73 Å². The molecule has 0 spiro atoms. The highest BCUT2D eigenvalue weighted by atomic mass is 15.1. The van der Waals surface area contributed by atoms with Crippen LogP contribution in [-0.4, -0.2) is 9.55 Å². The topological polar surface area (TPSA) is 43.8 Å². The van der Waals surface area contributed by atoms with Gasteiger partial charge >= 0.3 is 0 Å². The highest BCUT2D eigenvalue weighted by molar-refractivity contribution is 5.72. The van der Waals surface area contributed by atoms with E-state index >= 15 is 0 Å². The molecule has 1 aromatic heterocycles. The molecule has 0 radical (unpaired) electrons. The molecule has 3 heteroatoms. The zero-order valence-electron chi connectivity index (χ0n) is 10.9. The summed E-state index contributed by atoms with van der Waals surface area (Å²) in [4.78, 5) is 4.62. The second-order valence-electron chi connectivity index (χ2n) is 4.55. The molecule has 0 saturated heterocycles. The van der Waals surface area contributed by atoms with Gasteiger partial charge in [-0.25, -0.2) is 4.98 Å². The van der Waals surface area contributed by atoms with E-state index in [2.05, 4.69) is 44.0 Å². The number of anilines is 1. The SMILES string of the molecule is CCc1nc(-c2cc(C)cc(C)c2)c(N)n1C. The Labute approximate surface area is 102 Å². The molecule has 90 valence electrons. The summed E-state index contributed by atoms with van der Waals surface area (Å²) in [6, 6.07) is 6.42. The molecule has 2 rings (SSSR count). The fourth-order valence-corrected chi connectivity index (χ4v) is 2.20. The summed E-state index contributed by atoms with van der Waals surface area (Å²) in [5.74, 6) is 1.77. The Balaban J connectivity index is 2.60. The number of aryl methyl sites for hydroxylation is 3. The van der Waals surface area contributed by atoms with E-state index in [1.54, 1.807) is 0 Å². The summed E-state index contributed by atoms with van der Waals surface area (Å²) in [5, 5.41) is 0. The van der Waals surface area contributed by atoms with Crippen molar-refractivity contribution in [2.75, 3.05) is 5.73 Å². The van der Waals surface area contributed by atoms with Crippen LogP contribution < -0.4 is 5.73 Å². The molecule has 1 aromatic carbocycles. The first kappa shape index (κ1) is 11.7. The van der Waals surface area contributed by atoms with Gasteiger partial charge in [-0.05, 0) is 26.0 Å². The van der Waals surface area contributed by atoms with Crippen molar-refractivity contribution >= 4 is 5.82 Å². The number of hydrogen-bond acceptors (Lipinski definition) is 2. The zero-order valence-corrected chi connectivity index (χ0v) is 10.9. The lowest BCUT2D eigenvalue weighted by Crippen LogP contribution is -2.00. The third-order valence-corrected chi connectivity index (χ3v) is 3.04. The predicted molar refractivity (Wildman–Crippen MR) is 71.9 cm³/mol. The van der Waals surface area contributed by atoms with Crippen molar-refractivity contribution in [2.45, 2.75) is 27.2 Å². The van der Waals surface area contributed by atoms with Crippen molar-refractivity contribution in [3.63, 3.8) is 0 Å². The lowest BCUT2D eigenvalue weighted by Gasteiger charge is -2.04. The van der Waals surface area contributed by atoms with Crippen LogP contribution in [-0.2, 0) is 13.5 Å². The normalized spacial score (nSPS) is 10.8. The van der Waals surface area contributed by atoms with E-state index in [1.165, 1.54) is 11.1 Å². The summed E-state index contributed by atoms with van der Waals surface area (Å²) in [5.41, 5.74) is 10.6. The monoisotopic (exact) mass is 229 g/mol. The zero-order chi connectivity index (χ0) is 12.6. The minimum atomic E-state index is 0.742. The summed E-state index contributed by atoms with van der Waals surface area (Å²) in [7, 11) is 1.97. The molecule has 0 fully saturated rings. The molecule has 3 nitrogen and oxygen atoms in total. The van der Waals surface area contributed by atoms with E-state index < -0.39 is 0 Å². The number of aromatic nitrogens is 2. The fourth-order valence-electron chi connectivity index (χ4n) is 2.20. The predicted octanol–water partition coefficient (Wildman–Crippen LogP) is 2.85. The molecule has 0 unspecified atom stereocenters. The summed E-state index contributed by atoms with van der Waals surface area (Å²) < 4.78 is 1.97. The van der Waals surface area contributed by atoms with Gasteiger partial charge in [0, 0.05) is 19.0 Å². The smallest absolute Gasteiger partial charge is 0.131 e. The van der Waals surface area contributed by atoms with Crippen LogP contribution in [0.5, 0.6) is 0 Å². The van der Waals surface area contributed by atoms with Gasteiger partial charge in [0.05, 0.1) is 0 Å². The second-order valence-corrected chi connectivity index (χ2v) is 4.55. The van der Waals surface area contributed by atoms with Crippen LogP contribution in [0.25, 0.3) is 11.3 Å². The molecule has 0 atom stereocenters. The molecule has 0 aliphatic heterocycles. The molecular formula is C14H19N3. The molecule has 2 N–H and O–H groups in total. The molecule has 17 heavy (non-hydrogen) atoms. The Morgan fingerprint density at radius 1 is 1.18 bits per heavy atom. The quantitative estimate of drug-likeness (QED) is 0.860. The van der Waals surface area contributed by atoms with E-state index in [9.17, 15) is 0 Å². The maximum Gasteiger partial charge on any atom is 0.131 e. The van der Waals surface area contributed by atoms with Gasteiger partial charge < -0.3 is 10.3 Å². The number of nitrogens with zero attached hydrogens (tertiary/aromatic N) is 2. The Hall–Kier alpha value is -1.77. The van der Waals surface area contributed by atoms with Crippen molar-refractivity contribution in [2.24, 2.45) is 7.05 Å². The van der Waals surface area contributed by atoms with Gasteiger partial charge in [-0.2, -0.15) is 0 Å². The van der Waals surface area contributed by atoms with E-state index in [1.807, 2.05) is 11.6 Å². The second kappa shape index (κ2) is 4.24. The van der Waals surface area contributed by atoms with Gasteiger partial charge in [0.2, 0.25) is 0 Å². The van der Waals surface area contributed by atoms with Crippen LogP contribution in [0.15, 0.2) is 18.2 Å². The first-order valence-corrected chi connectivity index (χ1v) is 5.92. The van der Waals surface area contributed by atoms with Crippen LogP contribution in [0.3, 0.4) is 0 Å². The van der Waals surface area contributed by atoms with Crippen molar-refractivity contribution in [1.82, 2.24) is 9.55 Å². The summed E-state index contributed by atoms with van der Waals surface area (Å²) in [6.45, 7) is 6.28. The van der Waals surface area contributed by atoms with Crippen molar-refractivity contribution < 1.29 is 0 Å². The van der Waals surface area contributed by atoms with Gasteiger partial charge in [-0.3, -0.25) is 0 Å². The highest BCUT2D eigenvalue weighted by Crippen LogP contribution is 2.27. The lowest BCUT2D eigenvalue weighted by molar-refractivity contribution is 0.816. The minimum absolute atomic E-state index is 0.742. The lowest BCUT2D eigenvalue weighted by atomic mass is 10.1. The van der Waals surface area contributed by atoms with Gasteiger partial charge in [0.25, 0.3) is 0 Å². The number of rotatable bonds is 2. The molecule has 2 aromatic rings. The van der Waals surface area contributed by atoms with Crippen LogP contribution in [0.2, 0.25) is 0 Å². The maximum atomic E-state index is 6.11. The molecule has 0 saturated carbocycles. The molecule has 0 bridgehead atoms. The Kier molecular flexibility index (Phi) is 2.92. The van der Waals surface area contributed by atoms with E-state index in [0.29, 0.717) is 0 Å². The number of nitrogen functional groups attached to an aromatic ring is 1. The molecule has 0 aliphatic rings. The molecule has 0 aliphatic carbocycles. The Morgan fingerprint density at radius 2 is 1.76 bits per heavy atom. The van der Waals surface area contributed by atoms with Crippen molar-refractivity contribution in [3.05, 3.63) is 35.2 Å². The van der Waals surface area contributed by atoms with Gasteiger partial charge in [-0.1, -0.05) is 24.1 Å². The fraction of sp³-hybridized carbons (Fsp3) is 0.357. The molecular weight excluding hydrogens is 210 g/mol. The van der Waals surface area contributed by atoms with Crippen molar-refractivity contribution in [1.29, 1.82) is 0 Å². The Bertz CT molecular complexity index is 533. The Morgan fingerprint density at radius 3 is 2.24 bits per heavy atom. The first-order chi connectivity index (χ1) is 8.02. The van der Waals surface area contributed by atoms with Crippen molar-refractivity contribution in [3.8, 4) is 11.3 Å². The molecule has 0 amide bonds. The number of nitrogens with two attached hydrogens (primary N) is 1. The van der Waals surface area contributed by atoms with Crippen LogP contribution >= 0.6 is 0 Å². The average Bonchev–Trinajstić information content (AvgIpc) is 2.54. The summed E-state index contributed by atoms with van der Waals surface area (Å²) >= 11 is 0. The number of hydrogen-bond donors (Lipinski definition) is 1. The maximum absolute atomic E-state index is 6.11. The van der Waals surface area contributed by atoms with Gasteiger partial charge in [-0.15, -0.1) is 0 Å². The number of benzene rings is 1. The number of imidazole rings is 1. The largest absolute Gasteiger partial charge is 0.383 e. The third-order valence-electron chi connectivity index (χ3n) is 3.04. The van der Waals surface area contributed by atoms with E-state index in [-0.39, 0.29) is 0 Å². The standard InChI is InChI=1S/C14H19N3/c1-5-12-16-13(14(15)17(12)4)11-7-9(2)6-10(3)8-11/h6-8H,5,15H2,1-4H3. The van der Waals surface area contributed by atoms with Gasteiger partial charge in [0.1, 0.15) is 17.3 Å². The average molecular weight is 229 g/mol.